The molecule has 1 amide bonds. The molecule has 0 unspecified atom stereocenters. The maximum absolute atomic E-state index is 12.7. The number of rotatable bonds is 4. The number of benzene rings is 1. The second-order valence-corrected chi connectivity index (χ2v) is 7.20. The molecule has 1 aromatic carbocycles. The average Bonchev–Trinajstić information content (AvgIpc) is 3.04. The van der Waals surface area contributed by atoms with Gasteiger partial charge < -0.3 is 20.7 Å². The third-order valence-corrected chi connectivity index (χ3v) is 5.36. The Morgan fingerprint density at radius 2 is 2.13 bits per heavy atom. The number of ether oxygens (including phenoxy) is 1. The van der Waals surface area contributed by atoms with E-state index in [1.54, 1.807) is 0 Å². The summed E-state index contributed by atoms with van der Waals surface area (Å²) < 4.78 is 6.39. The third-order valence-electron chi connectivity index (χ3n) is 4.87. The standard InChI is InChI=1S/C17H24BrN3O2/c18-13-4-5-16(21-6-8-23-9-7-21)15(10-13)20-17(22)14-3-1-2-12(14)11-19/h4-5,10,12,14H,1-3,6-9,11,19H2,(H,20,22)/t12-,14-/m1/s1. The van der Waals surface area contributed by atoms with Crippen LogP contribution < -0.4 is 16.0 Å². The van der Waals surface area contributed by atoms with E-state index in [4.69, 9.17) is 10.5 Å². The van der Waals surface area contributed by atoms with Crippen LogP contribution in [0.3, 0.4) is 0 Å². The number of hydrogen-bond donors (Lipinski definition) is 2. The van der Waals surface area contributed by atoms with E-state index in [0.717, 1.165) is 61.4 Å². The summed E-state index contributed by atoms with van der Waals surface area (Å²) >= 11 is 3.50. The van der Waals surface area contributed by atoms with Crippen molar-refractivity contribution in [1.82, 2.24) is 0 Å². The SMILES string of the molecule is NC[C@H]1CCC[C@H]1C(=O)Nc1cc(Br)ccc1N1CCOCC1. The predicted octanol–water partition coefficient (Wildman–Crippen LogP) is 2.60. The van der Waals surface area contributed by atoms with Crippen LogP contribution in [0.25, 0.3) is 0 Å². The minimum Gasteiger partial charge on any atom is -0.378 e. The normalized spacial score (nSPS) is 24.7. The number of nitrogens with zero attached hydrogens (tertiary/aromatic N) is 1. The van der Waals surface area contributed by atoms with E-state index in [2.05, 4.69) is 32.2 Å². The lowest BCUT2D eigenvalue weighted by Crippen LogP contribution is -2.37. The number of carbonyl (C=O) groups is 1. The van der Waals surface area contributed by atoms with Crippen LogP contribution in [-0.4, -0.2) is 38.8 Å². The zero-order valence-corrected chi connectivity index (χ0v) is 14.8. The van der Waals surface area contributed by atoms with Crippen LogP contribution >= 0.6 is 15.9 Å². The first-order chi connectivity index (χ1) is 11.2. The average molecular weight is 382 g/mol. The van der Waals surface area contributed by atoms with E-state index in [0.29, 0.717) is 12.5 Å². The van der Waals surface area contributed by atoms with Crippen LogP contribution in [0.1, 0.15) is 19.3 Å². The molecule has 2 fully saturated rings. The van der Waals surface area contributed by atoms with Crippen molar-refractivity contribution >= 4 is 33.2 Å². The van der Waals surface area contributed by atoms with Crippen molar-refractivity contribution in [3.8, 4) is 0 Å². The molecule has 6 heteroatoms. The number of anilines is 2. The van der Waals surface area contributed by atoms with Gasteiger partial charge in [0.25, 0.3) is 0 Å². The van der Waals surface area contributed by atoms with Crippen LogP contribution in [0, 0.1) is 11.8 Å². The number of amides is 1. The largest absolute Gasteiger partial charge is 0.378 e. The van der Waals surface area contributed by atoms with Crippen molar-refractivity contribution in [2.75, 3.05) is 43.1 Å². The molecule has 3 N–H and O–H groups in total. The molecule has 0 aromatic heterocycles. The molecule has 2 atom stereocenters. The highest BCUT2D eigenvalue weighted by Gasteiger charge is 2.32. The predicted molar refractivity (Wildman–Crippen MR) is 95.7 cm³/mol. The van der Waals surface area contributed by atoms with E-state index in [1.165, 1.54) is 0 Å². The molecule has 1 aliphatic heterocycles. The summed E-state index contributed by atoms with van der Waals surface area (Å²) in [5.41, 5.74) is 7.75. The number of morpholine rings is 1. The summed E-state index contributed by atoms with van der Waals surface area (Å²) in [6, 6.07) is 6.05. The Labute approximate surface area is 145 Å². The fraction of sp³-hybridized carbons (Fsp3) is 0.588. The summed E-state index contributed by atoms with van der Waals surface area (Å²) in [7, 11) is 0. The summed E-state index contributed by atoms with van der Waals surface area (Å²) in [6.07, 6.45) is 3.09. The van der Waals surface area contributed by atoms with Crippen LogP contribution in [0.5, 0.6) is 0 Å². The van der Waals surface area contributed by atoms with Gasteiger partial charge in [0.15, 0.2) is 0 Å². The second kappa shape index (κ2) is 7.64. The molecule has 1 aliphatic carbocycles. The van der Waals surface area contributed by atoms with E-state index in [9.17, 15) is 4.79 Å². The van der Waals surface area contributed by atoms with Crippen molar-refractivity contribution in [2.45, 2.75) is 19.3 Å². The van der Waals surface area contributed by atoms with Gasteiger partial charge in [0.2, 0.25) is 5.91 Å². The molecular weight excluding hydrogens is 358 g/mol. The molecule has 0 spiro atoms. The van der Waals surface area contributed by atoms with Crippen LogP contribution in [0.4, 0.5) is 11.4 Å². The Bertz CT molecular complexity index is 561. The summed E-state index contributed by atoms with van der Waals surface area (Å²) in [5, 5.41) is 3.15. The van der Waals surface area contributed by atoms with E-state index in [-0.39, 0.29) is 11.8 Å². The fourth-order valence-electron chi connectivity index (χ4n) is 3.58. The zero-order chi connectivity index (χ0) is 16.2. The lowest BCUT2D eigenvalue weighted by molar-refractivity contribution is -0.120. The van der Waals surface area contributed by atoms with Gasteiger partial charge >= 0.3 is 0 Å². The molecule has 23 heavy (non-hydrogen) atoms. The second-order valence-electron chi connectivity index (χ2n) is 6.28. The van der Waals surface area contributed by atoms with Gasteiger partial charge in [0.05, 0.1) is 24.6 Å². The van der Waals surface area contributed by atoms with E-state index in [1.807, 2.05) is 12.1 Å². The Hall–Kier alpha value is -1.11. The lowest BCUT2D eigenvalue weighted by Gasteiger charge is -2.31. The summed E-state index contributed by atoms with van der Waals surface area (Å²) in [4.78, 5) is 15.0. The number of halogens is 1. The minimum atomic E-state index is 0.0384. The Balaban J connectivity index is 1.78. The molecule has 0 radical (unpaired) electrons. The van der Waals surface area contributed by atoms with Gasteiger partial charge in [-0.1, -0.05) is 22.4 Å². The highest BCUT2D eigenvalue weighted by Crippen LogP contribution is 2.34. The van der Waals surface area contributed by atoms with Gasteiger partial charge in [-0.3, -0.25) is 4.79 Å². The zero-order valence-electron chi connectivity index (χ0n) is 13.3. The molecule has 3 rings (SSSR count). The molecule has 2 aliphatic rings. The number of nitrogens with two attached hydrogens (primary N) is 1. The van der Waals surface area contributed by atoms with Gasteiger partial charge in [0.1, 0.15) is 0 Å². The Morgan fingerprint density at radius 1 is 1.35 bits per heavy atom. The van der Waals surface area contributed by atoms with Crippen molar-refractivity contribution in [2.24, 2.45) is 17.6 Å². The van der Waals surface area contributed by atoms with E-state index >= 15 is 0 Å². The minimum absolute atomic E-state index is 0.0384. The molecule has 1 aromatic rings. The summed E-state index contributed by atoms with van der Waals surface area (Å²) in [6.45, 7) is 3.73. The molecule has 1 heterocycles. The lowest BCUT2D eigenvalue weighted by atomic mass is 9.95. The summed E-state index contributed by atoms with van der Waals surface area (Å²) in [5.74, 6) is 0.455. The number of hydrogen-bond acceptors (Lipinski definition) is 4. The van der Waals surface area contributed by atoms with Crippen LogP contribution in [-0.2, 0) is 9.53 Å². The number of nitrogens with one attached hydrogen (secondary N) is 1. The smallest absolute Gasteiger partial charge is 0.227 e. The van der Waals surface area contributed by atoms with Crippen molar-refractivity contribution < 1.29 is 9.53 Å². The maximum atomic E-state index is 12.7. The monoisotopic (exact) mass is 381 g/mol. The first kappa shape index (κ1) is 16.7. The van der Waals surface area contributed by atoms with Crippen molar-refractivity contribution in [3.63, 3.8) is 0 Å². The number of carbonyl (C=O) groups excluding carboxylic acids is 1. The van der Waals surface area contributed by atoms with Crippen molar-refractivity contribution in [3.05, 3.63) is 22.7 Å². The molecule has 0 bridgehead atoms. The molecular formula is C17H24BrN3O2. The van der Waals surface area contributed by atoms with Crippen LogP contribution in [0.15, 0.2) is 22.7 Å². The van der Waals surface area contributed by atoms with Gasteiger partial charge in [-0.05, 0) is 43.5 Å². The molecule has 5 nitrogen and oxygen atoms in total. The highest BCUT2D eigenvalue weighted by molar-refractivity contribution is 9.10. The van der Waals surface area contributed by atoms with Gasteiger partial charge in [-0.2, -0.15) is 0 Å². The Kier molecular flexibility index (Phi) is 5.56. The molecule has 1 saturated carbocycles. The van der Waals surface area contributed by atoms with Gasteiger partial charge in [0, 0.05) is 23.5 Å². The molecule has 126 valence electrons. The first-order valence-corrected chi connectivity index (χ1v) is 9.11. The topological polar surface area (TPSA) is 67.6 Å². The first-order valence-electron chi connectivity index (χ1n) is 8.32. The molecule has 1 saturated heterocycles. The fourth-order valence-corrected chi connectivity index (χ4v) is 3.94. The van der Waals surface area contributed by atoms with E-state index < -0.39 is 0 Å². The van der Waals surface area contributed by atoms with Gasteiger partial charge in [-0.25, -0.2) is 0 Å². The van der Waals surface area contributed by atoms with Gasteiger partial charge in [-0.15, -0.1) is 0 Å². The Morgan fingerprint density at radius 3 is 2.87 bits per heavy atom. The maximum Gasteiger partial charge on any atom is 0.227 e. The third kappa shape index (κ3) is 3.87. The van der Waals surface area contributed by atoms with Crippen LogP contribution in [0.2, 0.25) is 0 Å². The quantitative estimate of drug-likeness (QED) is 0.840. The van der Waals surface area contributed by atoms with Crippen molar-refractivity contribution in [1.29, 1.82) is 0 Å². The highest BCUT2D eigenvalue weighted by atomic mass is 79.9.